The molecule has 26 heavy (non-hydrogen) atoms. The molecule has 0 amide bonds. The van der Waals surface area contributed by atoms with Gasteiger partial charge >= 0.3 is 0 Å². The molecule has 3 heterocycles. The number of hydrogen-bond acceptors (Lipinski definition) is 5. The van der Waals surface area contributed by atoms with Crippen molar-refractivity contribution in [3.63, 3.8) is 0 Å². The number of anilines is 1. The van der Waals surface area contributed by atoms with Gasteiger partial charge in [-0.25, -0.2) is 0 Å². The lowest BCUT2D eigenvalue weighted by Gasteiger charge is -2.33. The van der Waals surface area contributed by atoms with Gasteiger partial charge in [0, 0.05) is 30.9 Å². The Hall–Kier alpha value is -2.37. The predicted octanol–water partition coefficient (Wildman–Crippen LogP) is 4.15. The van der Waals surface area contributed by atoms with Gasteiger partial charge in [-0.1, -0.05) is 23.7 Å². The van der Waals surface area contributed by atoms with Crippen LogP contribution < -0.4 is 10.2 Å². The van der Waals surface area contributed by atoms with Gasteiger partial charge in [0.25, 0.3) is 0 Å². The number of benzene rings is 1. The van der Waals surface area contributed by atoms with Crippen LogP contribution in [0.3, 0.4) is 0 Å². The Morgan fingerprint density at radius 3 is 2.92 bits per heavy atom. The maximum atomic E-state index is 6.25. The molecule has 0 bridgehead atoms. The van der Waals surface area contributed by atoms with E-state index in [1.54, 1.807) is 6.20 Å². The second-order valence-corrected chi connectivity index (χ2v) is 6.90. The molecular formula is C20H21ClN4O. The first-order chi connectivity index (χ1) is 12.8. The van der Waals surface area contributed by atoms with Gasteiger partial charge in [-0.2, -0.15) is 5.10 Å². The fourth-order valence-electron chi connectivity index (χ4n) is 3.34. The van der Waals surface area contributed by atoms with Crippen molar-refractivity contribution in [2.45, 2.75) is 25.4 Å². The van der Waals surface area contributed by atoms with E-state index in [1.165, 1.54) is 0 Å². The minimum atomic E-state index is 0.402. The molecule has 3 aromatic rings. The van der Waals surface area contributed by atoms with E-state index >= 15 is 0 Å². The van der Waals surface area contributed by atoms with E-state index in [-0.39, 0.29) is 0 Å². The first-order valence-electron chi connectivity index (χ1n) is 8.89. The number of halogens is 1. The molecule has 4 rings (SSSR count). The summed E-state index contributed by atoms with van der Waals surface area (Å²) in [5, 5.41) is 12.5. The number of furan rings is 1. The van der Waals surface area contributed by atoms with Gasteiger partial charge in [-0.15, -0.1) is 5.10 Å². The van der Waals surface area contributed by atoms with Crippen molar-refractivity contribution in [3.8, 4) is 11.3 Å². The van der Waals surface area contributed by atoms with E-state index in [1.807, 2.05) is 48.5 Å². The Kier molecular flexibility index (Phi) is 5.18. The van der Waals surface area contributed by atoms with Gasteiger partial charge < -0.3 is 14.6 Å². The zero-order chi connectivity index (χ0) is 17.8. The highest BCUT2D eigenvalue weighted by atomic mass is 35.5. The van der Waals surface area contributed by atoms with E-state index < -0.39 is 0 Å². The summed E-state index contributed by atoms with van der Waals surface area (Å²) < 4.78 is 5.97. The molecule has 6 heteroatoms. The van der Waals surface area contributed by atoms with Crippen LogP contribution in [0.15, 0.2) is 59.1 Å². The summed E-state index contributed by atoms with van der Waals surface area (Å²) in [5.41, 5.74) is 0.923. The van der Waals surface area contributed by atoms with Crippen LogP contribution in [0.1, 0.15) is 18.6 Å². The second-order valence-electron chi connectivity index (χ2n) is 6.49. The maximum absolute atomic E-state index is 6.25. The van der Waals surface area contributed by atoms with E-state index in [0.29, 0.717) is 17.6 Å². The van der Waals surface area contributed by atoms with Gasteiger partial charge in [0.1, 0.15) is 11.5 Å². The van der Waals surface area contributed by atoms with Crippen LogP contribution in [0.2, 0.25) is 5.02 Å². The maximum Gasteiger partial charge on any atom is 0.151 e. The van der Waals surface area contributed by atoms with Crippen molar-refractivity contribution in [1.29, 1.82) is 0 Å². The Labute approximate surface area is 158 Å². The van der Waals surface area contributed by atoms with Crippen LogP contribution in [-0.2, 0) is 6.54 Å². The lowest BCUT2D eigenvalue weighted by Crippen LogP contribution is -2.45. The molecule has 5 nitrogen and oxygen atoms in total. The fraction of sp³-hybridized carbons (Fsp3) is 0.300. The quantitative estimate of drug-likeness (QED) is 0.733. The molecule has 134 valence electrons. The normalized spacial score (nSPS) is 17.4. The lowest BCUT2D eigenvalue weighted by atomic mass is 10.1. The first kappa shape index (κ1) is 17.1. The molecule has 1 saturated heterocycles. The molecule has 1 N–H and O–H groups in total. The first-order valence-corrected chi connectivity index (χ1v) is 9.27. The second kappa shape index (κ2) is 7.89. The number of rotatable bonds is 5. The SMILES string of the molecule is Clc1ccccc1-c1ccc(CNC2CCCN(c3cccnn3)C2)o1. The van der Waals surface area contributed by atoms with Gasteiger partial charge in [-0.05, 0) is 49.2 Å². The molecule has 1 fully saturated rings. The molecular weight excluding hydrogens is 348 g/mol. The third-order valence-corrected chi connectivity index (χ3v) is 5.00. The Morgan fingerprint density at radius 1 is 1.15 bits per heavy atom. The predicted molar refractivity (Wildman–Crippen MR) is 103 cm³/mol. The van der Waals surface area contributed by atoms with Gasteiger partial charge in [-0.3, -0.25) is 0 Å². The summed E-state index contributed by atoms with van der Waals surface area (Å²) in [6.07, 6.45) is 3.99. The fourth-order valence-corrected chi connectivity index (χ4v) is 3.57. The molecule has 0 radical (unpaired) electrons. The smallest absolute Gasteiger partial charge is 0.151 e. The molecule has 1 aliphatic rings. The van der Waals surface area contributed by atoms with Crippen molar-refractivity contribution >= 4 is 17.4 Å². The van der Waals surface area contributed by atoms with Gasteiger partial charge in [0.2, 0.25) is 0 Å². The zero-order valence-corrected chi connectivity index (χ0v) is 15.2. The molecule has 0 aliphatic carbocycles. The van der Waals surface area contributed by atoms with Crippen LogP contribution in [-0.4, -0.2) is 29.3 Å². The standard InChI is InChI=1S/C20H21ClN4O/c21-18-7-2-1-6-17(18)19-10-9-16(26-19)13-22-15-5-4-12-25(14-15)20-8-3-11-23-24-20/h1-3,6-11,15,22H,4-5,12-14H2. The van der Waals surface area contributed by atoms with Gasteiger partial charge in [0.15, 0.2) is 5.82 Å². The number of piperidine rings is 1. The lowest BCUT2D eigenvalue weighted by molar-refractivity contribution is 0.396. The minimum Gasteiger partial charge on any atom is -0.460 e. The summed E-state index contributed by atoms with van der Waals surface area (Å²) in [5.74, 6) is 2.66. The molecule has 1 atom stereocenters. The Bertz CT molecular complexity index is 852. The highest BCUT2D eigenvalue weighted by Crippen LogP contribution is 2.29. The van der Waals surface area contributed by atoms with Crippen molar-refractivity contribution in [1.82, 2.24) is 15.5 Å². The average molecular weight is 369 g/mol. The summed E-state index contributed by atoms with van der Waals surface area (Å²) >= 11 is 6.25. The topological polar surface area (TPSA) is 54.2 Å². The molecule has 1 unspecified atom stereocenters. The third kappa shape index (κ3) is 3.89. The van der Waals surface area contributed by atoms with Crippen LogP contribution >= 0.6 is 11.6 Å². The van der Waals surface area contributed by atoms with Crippen LogP contribution in [0.25, 0.3) is 11.3 Å². The minimum absolute atomic E-state index is 0.402. The average Bonchev–Trinajstić information content (AvgIpc) is 3.16. The van der Waals surface area contributed by atoms with E-state index in [0.717, 1.165) is 48.8 Å². The highest BCUT2D eigenvalue weighted by molar-refractivity contribution is 6.33. The molecule has 1 aromatic carbocycles. The molecule has 0 spiro atoms. The number of hydrogen-bond donors (Lipinski definition) is 1. The molecule has 0 saturated carbocycles. The number of nitrogens with zero attached hydrogens (tertiary/aromatic N) is 3. The van der Waals surface area contributed by atoms with E-state index in [2.05, 4.69) is 20.4 Å². The Morgan fingerprint density at radius 2 is 2.08 bits per heavy atom. The summed E-state index contributed by atoms with van der Waals surface area (Å²) in [4.78, 5) is 2.28. The summed E-state index contributed by atoms with van der Waals surface area (Å²) in [6, 6.07) is 16.1. The van der Waals surface area contributed by atoms with Crippen molar-refractivity contribution in [3.05, 3.63) is 65.5 Å². The van der Waals surface area contributed by atoms with Crippen molar-refractivity contribution in [2.75, 3.05) is 18.0 Å². The largest absolute Gasteiger partial charge is 0.460 e. The van der Waals surface area contributed by atoms with Crippen LogP contribution in [0.4, 0.5) is 5.82 Å². The monoisotopic (exact) mass is 368 g/mol. The van der Waals surface area contributed by atoms with E-state index in [9.17, 15) is 0 Å². The third-order valence-electron chi connectivity index (χ3n) is 4.67. The van der Waals surface area contributed by atoms with E-state index in [4.69, 9.17) is 16.0 Å². The van der Waals surface area contributed by atoms with Crippen molar-refractivity contribution in [2.24, 2.45) is 0 Å². The molecule has 1 aliphatic heterocycles. The number of nitrogens with one attached hydrogen (secondary N) is 1. The summed E-state index contributed by atoms with van der Waals surface area (Å²) in [6.45, 7) is 2.65. The van der Waals surface area contributed by atoms with Crippen LogP contribution in [0, 0.1) is 0 Å². The van der Waals surface area contributed by atoms with Crippen LogP contribution in [0.5, 0.6) is 0 Å². The van der Waals surface area contributed by atoms with Crippen molar-refractivity contribution < 1.29 is 4.42 Å². The summed E-state index contributed by atoms with van der Waals surface area (Å²) in [7, 11) is 0. The Balaban J connectivity index is 1.36. The zero-order valence-electron chi connectivity index (χ0n) is 14.4. The highest BCUT2D eigenvalue weighted by Gasteiger charge is 2.21. The van der Waals surface area contributed by atoms with Gasteiger partial charge in [0.05, 0.1) is 11.6 Å². The number of aromatic nitrogens is 2. The molecule has 2 aromatic heterocycles.